The van der Waals surface area contributed by atoms with Crippen molar-refractivity contribution in [2.24, 2.45) is 7.05 Å². The van der Waals surface area contributed by atoms with Gasteiger partial charge in [-0.3, -0.25) is 14.5 Å². The second-order valence-electron chi connectivity index (χ2n) is 7.73. The third-order valence-electron chi connectivity index (χ3n) is 5.03. The Kier molecular flexibility index (Phi) is 6.70. The van der Waals surface area contributed by atoms with Gasteiger partial charge in [0.1, 0.15) is 17.3 Å². The summed E-state index contributed by atoms with van der Waals surface area (Å²) in [5.41, 5.74) is 1.65. The molecule has 0 atom stereocenters. The number of carbonyl (C=O) groups is 1. The number of aryl methyl sites for hydroxylation is 1. The van der Waals surface area contributed by atoms with Gasteiger partial charge in [-0.1, -0.05) is 29.8 Å². The molecule has 0 spiro atoms. The van der Waals surface area contributed by atoms with Crippen molar-refractivity contribution in [3.63, 3.8) is 0 Å². The van der Waals surface area contributed by atoms with E-state index in [-0.39, 0.29) is 29.2 Å². The van der Waals surface area contributed by atoms with E-state index in [1.54, 1.807) is 53.5 Å². The minimum absolute atomic E-state index is 0.0880. The Hall–Kier alpha value is -3.65. The largest absolute Gasteiger partial charge is 0.457 e. The standard InChI is InChI=1S/C25H19ClF3N3O2/c1-32-15-18(14-31-32)24-13-21(8-9-30-24)34-20-5-2-16(3-6-20)10-19(33)11-17-4-7-23(26)22(12-17)25(27,28)29/h2-9,12-15H,10-11H2,1H3. The number of hydrogen-bond donors (Lipinski definition) is 0. The van der Waals surface area contributed by atoms with E-state index in [0.717, 1.165) is 29.0 Å². The van der Waals surface area contributed by atoms with Crippen molar-refractivity contribution in [3.05, 3.63) is 94.9 Å². The number of Topliss-reactive ketones (excluding diaryl/α,β-unsaturated/α-hetero) is 1. The van der Waals surface area contributed by atoms with Crippen molar-refractivity contribution in [1.29, 1.82) is 0 Å². The highest BCUT2D eigenvalue weighted by Crippen LogP contribution is 2.35. The highest BCUT2D eigenvalue weighted by molar-refractivity contribution is 6.31. The van der Waals surface area contributed by atoms with Gasteiger partial charge in [-0.05, 0) is 41.5 Å². The molecule has 0 unspecified atom stereocenters. The van der Waals surface area contributed by atoms with Gasteiger partial charge < -0.3 is 4.74 Å². The molecule has 0 bridgehead atoms. The number of halogens is 4. The van der Waals surface area contributed by atoms with Gasteiger partial charge in [0.05, 0.1) is 22.5 Å². The van der Waals surface area contributed by atoms with Crippen LogP contribution in [-0.2, 0) is 30.9 Å². The Bertz CT molecular complexity index is 1320. The van der Waals surface area contributed by atoms with Crippen molar-refractivity contribution in [1.82, 2.24) is 14.8 Å². The molecule has 0 aliphatic rings. The predicted octanol–water partition coefficient (Wildman–Crippen LogP) is 6.30. The predicted molar refractivity (Wildman–Crippen MR) is 122 cm³/mol. The molecule has 9 heteroatoms. The van der Waals surface area contributed by atoms with Crippen molar-refractivity contribution in [2.45, 2.75) is 19.0 Å². The van der Waals surface area contributed by atoms with E-state index in [2.05, 4.69) is 10.1 Å². The first-order chi connectivity index (χ1) is 16.2. The molecular weight excluding hydrogens is 467 g/mol. The summed E-state index contributed by atoms with van der Waals surface area (Å²) in [4.78, 5) is 16.7. The summed E-state index contributed by atoms with van der Waals surface area (Å²) in [7, 11) is 1.82. The van der Waals surface area contributed by atoms with E-state index in [1.807, 2.05) is 13.2 Å². The lowest BCUT2D eigenvalue weighted by atomic mass is 10.0. The number of ether oxygens (including phenoxy) is 1. The first-order valence-corrected chi connectivity index (χ1v) is 10.6. The fourth-order valence-corrected chi connectivity index (χ4v) is 3.64. The zero-order valence-corrected chi connectivity index (χ0v) is 18.8. The van der Waals surface area contributed by atoms with Gasteiger partial charge in [-0.15, -0.1) is 0 Å². The summed E-state index contributed by atoms with van der Waals surface area (Å²) in [6.45, 7) is 0. The monoisotopic (exact) mass is 485 g/mol. The lowest BCUT2D eigenvalue weighted by molar-refractivity contribution is -0.137. The van der Waals surface area contributed by atoms with Crippen LogP contribution < -0.4 is 4.74 Å². The molecule has 0 saturated heterocycles. The SMILES string of the molecule is Cn1cc(-c2cc(Oc3ccc(CC(=O)Cc4ccc(Cl)c(C(F)(F)F)c4)cc3)ccn2)cn1. The van der Waals surface area contributed by atoms with Crippen LogP contribution in [-0.4, -0.2) is 20.5 Å². The Morgan fingerprint density at radius 1 is 1.00 bits per heavy atom. The first kappa shape index (κ1) is 23.5. The van der Waals surface area contributed by atoms with Gasteiger partial charge in [0.25, 0.3) is 0 Å². The average molecular weight is 486 g/mol. The van der Waals surface area contributed by atoms with Crippen molar-refractivity contribution >= 4 is 17.4 Å². The summed E-state index contributed by atoms with van der Waals surface area (Å²) < 4.78 is 46.7. The van der Waals surface area contributed by atoms with Crippen LogP contribution in [0.15, 0.2) is 73.2 Å². The molecule has 4 rings (SSSR count). The van der Waals surface area contributed by atoms with Gasteiger partial charge in [0.15, 0.2) is 0 Å². The number of benzene rings is 2. The summed E-state index contributed by atoms with van der Waals surface area (Å²) in [6.07, 6.45) is 0.611. The van der Waals surface area contributed by atoms with Crippen LogP contribution in [0.5, 0.6) is 11.5 Å². The number of hydrogen-bond acceptors (Lipinski definition) is 4. The molecule has 0 aliphatic carbocycles. The topological polar surface area (TPSA) is 57.0 Å². The molecule has 0 N–H and O–H groups in total. The fraction of sp³-hybridized carbons (Fsp3) is 0.160. The van der Waals surface area contributed by atoms with Crippen molar-refractivity contribution in [2.75, 3.05) is 0 Å². The minimum Gasteiger partial charge on any atom is -0.457 e. The van der Waals surface area contributed by atoms with E-state index in [9.17, 15) is 18.0 Å². The molecule has 0 amide bonds. The van der Waals surface area contributed by atoms with Crippen LogP contribution in [0.2, 0.25) is 5.02 Å². The zero-order valence-electron chi connectivity index (χ0n) is 18.0. The second kappa shape index (κ2) is 9.69. The molecular formula is C25H19ClF3N3O2. The van der Waals surface area contributed by atoms with Crippen LogP contribution in [0, 0.1) is 0 Å². The molecule has 2 heterocycles. The Balaban J connectivity index is 1.38. The number of ketones is 1. The van der Waals surface area contributed by atoms with Gasteiger partial charge in [0, 0.05) is 43.9 Å². The van der Waals surface area contributed by atoms with Crippen molar-refractivity contribution < 1.29 is 22.7 Å². The first-order valence-electron chi connectivity index (χ1n) is 10.3. The number of aromatic nitrogens is 3. The summed E-state index contributed by atoms with van der Waals surface area (Å²) in [5, 5.41) is 3.75. The maximum atomic E-state index is 13.0. The zero-order chi connectivity index (χ0) is 24.3. The minimum atomic E-state index is -4.57. The number of carbonyl (C=O) groups excluding carboxylic acids is 1. The number of nitrogens with zero attached hydrogens (tertiary/aromatic N) is 3. The quantitative estimate of drug-likeness (QED) is 0.308. The summed E-state index contributed by atoms with van der Waals surface area (Å²) in [6, 6.07) is 14.0. The average Bonchev–Trinajstić information content (AvgIpc) is 3.22. The highest BCUT2D eigenvalue weighted by Gasteiger charge is 2.33. The molecule has 5 nitrogen and oxygen atoms in total. The third-order valence-corrected chi connectivity index (χ3v) is 5.36. The van der Waals surface area contributed by atoms with E-state index in [4.69, 9.17) is 16.3 Å². The normalized spacial score (nSPS) is 11.4. The molecule has 34 heavy (non-hydrogen) atoms. The van der Waals surface area contributed by atoms with E-state index >= 15 is 0 Å². The van der Waals surface area contributed by atoms with E-state index < -0.39 is 11.7 Å². The molecule has 0 fully saturated rings. The number of rotatable bonds is 7. The van der Waals surface area contributed by atoms with Crippen molar-refractivity contribution in [3.8, 4) is 22.8 Å². The van der Waals surface area contributed by atoms with Gasteiger partial charge in [-0.2, -0.15) is 18.3 Å². The molecule has 0 aliphatic heterocycles. The molecule has 0 saturated carbocycles. The van der Waals surface area contributed by atoms with Gasteiger partial charge >= 0.3 is 6.18 Å². The van der Waals surface area contributed by atoms with Crippen LogP contribution in [0.1, 0.15) is 16.7 Å². The molecule has 2 aromatic carbocycles. The Morgan fingerprint density at radius 3 is 2.38 bits per heavy atom. The molecule has 2 aromatic heterocycles. The highest BCUT2D eigenvalue weighted by atomic mass is 35.5. The van der Waals surface area contributed by atoms with E-state index in [0.29, 0.717) is 11.5 Å². The lowest BCUT2D eigenvalue weighted by Gasteiger charge is -2.11. The third kappa shape index (κ3) is 5.82. The second-order valence-corrected chi connectivity index (χ2v) is 8.14. The Morgan fingerprint density at radius 2 is 1.71 bits per heavy atom. The van der Waals surface area contributed by atoms with Gasteiger partial charge in [-0.25, -0.2) is 0 Å². The van der Waals surface area contributed by atoms with Crippen LogP contribution in [0.25, 0.3) is 11.3 Å². The lowest BCUT2D eigenvalue weighted by Crippen LogP contribution is -2.10. The molecule has 4 aromatic rings. The maximum Gasteiger partial charge on any atom is 0.417 e. The smallest absolute Gasteiger partial charge is 0.417 e. The maximum absolute atomic E-state index is 13.0. The van der Waals surface area contributed by atoms with Crippen LogP contribution >= 0.6 is 11.6 Å². The van der Waals surface area contributed by atoms with Crippen LogP contribution in [0.4, 0.5) is 13.2 Å². The molecule has 0 radical (unpaired) electrons. The molecule has 174 valence electrons. The summed E-state index contributed by atoms with van der Waals surface area (Å²) >= 11 is 5.64. The fourth-order valence-electron chi connectivity index (χ4n) is 3.41. The number of pyridine rings is 1. The van der Waals surface area contributed by atoms with Gasteiger partial charge in [0.2, 0.25) is 0 Å². The van der Waals surface area contributed by atoms with E-state index in [1.165, 1.54) is 6.07 Å². The number of alkyl halides is 3. The summed E-state index contributed by atoms with van der Waals surface area (Å²) in [5.74, 6) is 0.965. The Labute approximate surface area is 198 Å². The van der Waals surface area contributed by atoms with Crippen LogP contribution in [0.3, 0.4) is 0 Å².